The van der Waals surface area contributed by atoms with Gasteiger partial charge in [0, 0.05) is 26.2 Å². The van der Waals surface area contributed by atoms with Crippen molar-refractivity contribution >= 4 is 15.9 Å². The van der Waals surface area contributed by atoms with Gasteiger partial charge in [-0.1, -0.05) is 60.7 Å². The Morgan fingerprint density at radius 2 is 1.46 bits per heavy atom. The number of hydrogen-bond donors (Lipinski definition) is 1. The molecule has 0 radical (unpaired) electrons. The van der Waals surface area contributed by atoms with Crippen LogP contribution in [-0.4, -0.2) is 49.7 Å². The highest BCUT2D eigenvalue weighted by atomic mass is 32.2. The fraction of sp³-hybridized carbons (Fsp3) is 0.316. The molecule has 0 saturated carbocycles. The third kappa shape index (κ3) is 4.30. The van der Waals surface area contributed by atoms with Crippen LogP contribution in [0.2, 0.25) is 0 Å². The minimum absolute atomic E-state index is 0.00816. The molecule has 0 spiro atoms. The van der Waals surface area contributed by atoms with E-state index in [0.717, 1.165) is 11.1 Å². The SMILES string of the molecule is NC(=O)C(c1ccccc1)N1CCN(S(=O)(=O)Cc2ccccc2)CC1. The van der Waals surface area contributed by atoms with E-state index >= 15 is 0 Å². The molecular formula is C19H23N3O3S. The number of hydrogen-bond acceptors (Lipinski definition) is 4. The topological polar surface area (TPSA) is 83.7 Å². The van der Waals surface area contributed by atoms with Gasteiger partial charge < -0.3 is 5.73 Å². The second-order valence-corrected chi connectivity index (χ2v) is 8.36. The summed E-state index contributed by atoms with van der Waals surface area (Å²) in [4.78, 5) is 13.9. The molecule has 1 heterocycles. The van der Waals surface area contributed by atoms with E-state index in [1.165, 1.54) is 4.31 Å². The average molecular weight is 373 g/mol. The van der Waals surface area contributed by atoms with Gasteiger partial charge in [0.25, 0.3) is 0 Å². The van der Waals surface area contributed by atoms with Crippen molar-refractivity contribution in [1.29, 1.82) is 0 Å². The summed E-state index contributed by atoms with van der Waals surface area (Å²) in [5, 5.41) is 0. The van der Waals surface area contributed by atoms with Crippen molar-refractivity contribution in [1.82, 2.24) is 9.21 Å². The smallest absolute Gasteiger partial charge is 0.239 e. The van der Waals surface area contributed by atoms with Crippen molar-refractivity contribution in [3.8, 4) is 0 Å². The van der Waals surface area contributed by atoms with Gasteiger partial charge in [-0.05, 0) is 11.1 Å². The first-order chi connectivity index (χ1) is 12.5. The van der Waals surface area contributed by atoms with Gasteiger partial charge in [-0.3, -0.25) is 9.69 Å². The van der Waals surface area contributed by atoms with Gasteiger partial charge in [-0.15, -0.1) is 0 Å². The van der Waals surface area contributed by atoms with Crippen LogP contribution in [-0.2, 0) is 20.6 Å². The fourth-order valence-electron chi connectivity index (χ4n) is 3.31. The highest BCUT2D eigenvalue weighted by molar-refractivity contribution is 7.88. The number of carbonyl (C=O) groups is 1. The van der Waals surface area contributed by atoms with Gasteiger partial charge in [-0.2, -0.15) is 4.31 Å². The lowest BCUT2D eigenvalue weighted by Gasteiger charge is -2.37. The second kappa shape index (κ2) is 7.99. The molecule has 1 aliphatic rings. The predicted molar refractivity (Wildman–Crippen MR) is 101 cm³/mol. The number of carbonyl (C=O) groups excluding carboxylic acids is 1. The number of piperazine rings is 1. The van der Waals surface area contributed by atoms with Crippen molar-refractivity contribution in [3.63, 3.8) is 0 Å². The molecule has 1 unspecified atom stereocenters. The summed E-state index contributed by atoms with van der Waals surface area (Å²) in [6, 6.07) is 18.0. The minimum Gasteiger partial charge on any atom is -0.368 e. The van der Waals surface area contributed by atoms with Gasteiger partial charge in [0.15, 0.2) is 0 Å². The first-order valence-corrected chi connectivity index (χ1v) is 10.2. The molecule has 1 aliphatic heterocycles. The van der Waals surface area contributed by atoms with E-state index in [2.05, 4.69) is 0 Å². The third-order valence-corrected chi connectivity index (χ3v) is 6.46. The predicted octanol–water partition coefficient (Wildman–Crippen LogP) is 1.36. The molecule has 3 rings (SSSR count). The highest BCUT2D eigenvalue weighted by Crippen LogP contribution is 2.23. The highest BCUT2D eigenvalue weighted by Gasteiger charge is 2.32. The quantitative estimate of drug-likeness (QED) is 0.829. The summed E-state index contributed by atoms with van der Waals surface area (Å²) < 4.78 is 26.8. The molecule has 2 aromatic rings. The van der Waals surface area contributed by atoms with Crippen LogP contribution >= 0.6 is 0 Å². The van der Waals surface area contributed by atoms with Crippen LogP contribution in [0.5, 0.6) is 0 Å². The van der Waals surface area contributed by atoms with Crippen LogP contribution in [0.25, 0.3) is 0 Å². The number of nitrogens with zero attached hydrogens (tertiary/aromatic N) is 2. The van der Waals surface area contributed by atoms with E-state index in [1.54, 1.807) is 0 Å². The molecule has 2 N–H and O–H groups in total. The maximum Gasteiger partial charge on any atom is 0.239 e. The second-order valence-electron chi connectivity index (χ2n) is 6.39. The molecule has 1 saturated heterocycles. The molecule has 1 amide bonds. The lowest BCUT2D eigenvalue weighted by atomic mass is 10.0. The zero-order chi connectivity index (χ0) is 18.6. The van der Waals surface area contributed by atoms with E-state index in [-0.39, 0.29) is 5.75 Å². The van der Waals surface area contributed by atoms with Crippen LogP contribution in [0.1, 0.15) is 17.2 Å². The van der Waals surface area contributed by atoms with E-state index in [9.17, 15) is 13.2 Å². The van der Waals surface area contributed by atoms with Crippen molar-refractivity contribution in [3.05, 3.63) is 71.8 Å². The first-order valence-electron chi connectivity index (χ1n) is 8.57. The Morgan fingerprint density at radius 1 is 0.923 bits per heavy atom. The zero-order valence-corrected chi connectivity index (χ0v) is 15.3. The summed E-state index contributed by atoms with van der Waals surface area (Å²) in [6.07, 6.45) is 0. The van der Waals surface area contributed by atoms with Crippen LogP contribution in [0, 0.1) is 0 Å². The molecule has 26 heavy (non-hydrogen) atoms. The number of rotatable bonds is 6. The van der Waals surface area contributed by atoms with Crippen molar-refractivity contribution in [2.45, 2.75) is 11.8 Å². The molecule has 0 aromatic heterocycles. The van der Waals surface area contributed by atoms with Gasteiger partial charge in [-0.25, -0.2) is 8.42 Å². The Balaban J connectivity index is 1.67. The van der Waals surface area contributed by atoms with Crippen LogP contribution in [0.4, 0.5) is 0 Å². The molecule has 6 nitrogen and oxygen atoms in total. The number of benzene rings is 2. The fourth-order valence-corrected chi connectivity index (χ4v) is 4.82. The van der Waals surface area contributed by atoms with Gasteiger partial charge in [0.05, 0.1) is 5.75 Å². The van der Waals surface area contributed by atoms with E-state index < -0.39 is 22.0 Å². The zero-order valence-electron chi connectivity index (χ0n) is 14.5. The normalized spacial score (nSPS) is 17.7. The summed E-state index contributed by atoms with van der Waals surface area (Å²) in [6.45, 7) is 1.64. The standard InChI is InChI=1S/C19H23N3O3S/c20-19(23)18(17-9-5-2-6-10-17)21-11-13-22(14-12-21)26(24,25)15-16-7-3-1-4-8-16/h1-10,18H,11-15H2,(H2,20,23). The third-order valence-electron chi connectivity index (χ3n) is 4.61. The van der Waals surface area contributed by atoms with Gasteiger partial charge >= 0.3 is 0 Å². The van der Waals surface area contributed by atoms with Gasteiger partial charge in [0.1, 0.15) is 6.04 Å². The molecule has 7 heteroatoms. The Hall–Kier alpha value is -2.22. The molecular weight excluding hydrogens is 350 g/mol. The molecule has 1 fully saturated rings. The summed E-state index contributed by atoms with van der Waals surface area (Å²) in [5.74, 6) is -0.428. The Kier molecular flexibility index (Phi) is 5.70. The van der Waals surface area contributed by atoms with Gasteiger partial charge in [0.2, 0.25) is 15.9 Å². The van der Waals surface area contributed by atoms with Crippen LogP contribution in [0.15, 0.2) is 60.7 Å². The number of nitrogens with two attached hydrogens (primary N) is 1. The Labute approximate surface area is 154 Å². The largest absolute Gasteiger partial charge is 0.368 e. The Morgan fingerprint density at radius 3 is 2.00 bits per heavy atom. The molecule has 2 aromatic carbocycles. The molecule has 1 atom stereocenters. The first kappa shape index (κ1) is 18.6. The van der Waals surface area contributed by atoms with Crippen LogP contribution < -0.4 is 5.73 Å². The molecule has 0 aliphatic carbocycles. The lowest BCUT2D eigenvalue weighted by Crippen LogP contribution is -2.52. The lowest BCUT2D eigenvalue weighted by molar-refractivity contribution is -0.124. The van der Waals surface area contributed by atoms with E-state index in [0.29, 0.717) is 26.2 Å². The number of sulfonamides is 1. The van der Waals surface area contributed by atoms with E-state index in [1.807, 2.05) is 65.6 Å². The van der Waals surface area contributed by atoms with Crippen molar-refractivity contribution in [2.75, 3.05) is 26.2 Å². The number of primary amides is 1. The maximum absolute atomic E-state index is 12.7. The minimum atomic E-state index is -3.38. The summed E-state index contributed by atoms with van der Waals surface area (Å²) >= 11 is 0. The monoisotopic (exact) mass is 373 g/mol. The van der Waals surface area contributed by atoms with Crippen LogP contribution in [0.3, 0.4) is 0 Å². The Bertz CT molecular complexity index is 833. The summed E-state index contributed by atoms with van der Waals surface area (Å²) in [7, 11) is -3.38. The molecule has 138 valence electrons. The average Bonchev–Trinajstić information content (AvgIpc) is 2.63. The number of amides is 1. The summed E-state index contributed by atoms with van der Waals surface area (Å²) in [5.41, 5.74) is 7.22. The van der Waals surface area contributed by atoms with E-state index in [4.69, 9.17) is 5.73 Å². The molecule has 0 bridgehead atoms. The van der Waals surface area contributed by atoms with Crippen molar-refractivity contribution < 1.29 is 13.2 Å². The van der Waals surface area contributed by atoms with Crippen molar-refractivity contribution in [2.24, 2.45) is 5.73 Å². The maximum atomic E-state index is 12.7.